The number of benzene rings is 2. The molecular weight excluding hydrogens is 342 g/mol. The van der Waals surface area contributed by atoms with E-state index in [1.54, 1.807) is 4.90 Å². The lowest BCUT2D eigenvalue weighted by Crippen LogP contribution is -2.36. The van der Waals surface area contributed by atoms with Gasteiger partial charge in [0.25, 0.3) is 5.91 Å². The lowest BCUT2D eigenvalue weighted by molar-refractivity contribution is -0.143. The number of rotatable bonds is 6. The Morgan fingerprint density at radius 2 is 1.59 bits per heavy atom. The summed E-state index contributed by atoms with van der Waals surface area (Å²) < 4.78 is 6.04. The minimum Gasteiger partial charge on any atom is -0.481 e. The molecule has 0 radical (unpaired) electrons. The van der Waals surface area contributed by atoms with Crippen molar-refractivity contribution in [3.8, 4) is 5.75 Å². The number of hydrogen-bond acceptors (Lipinski definition) is 3. The fourth-order valence-electron chi connectivity index (χ4n) is 3.96. The monoisotopic (exact) mass is 365 g/mol. The number of likely N-dealkylation sites (tertiary alicyclic amines) is 1. The number of aliphatic carboxylic acids is 1. The van der Waals surface area contributed by atoms with Gasteiger partial charge in [-0.25, -0.2) is 0 Å². The van der Waals surface area contributed by atoms with Gasteiger partial charge >= 0.3 is 5.97 Å². The predicted molar refractivity (Wildman–Crippen MR) is 100 cm³/mol. The van der Waals surface area contributed by atoms with Crippen LogP contribution in [0.2, 0.25) is 0 Å². The fraction of sp³-hybridized carbons (Fsp3) is 0.364. The molecule has 1 unspecified atom stereocenters. The summed E-state index contributed by atoms with van der Waals surface area (Å²) in [5, 5.41) is 9.58. The molecule has 1 saturated heterocycles. The second-order valence-corrected chi connectivity index (χ2v) is 7.41. The molecule has 4 rings (SSSR count). The number of carboxylic acids is 1. The first-order valence-electron chi connectivity index (χ1n) is 9.41. The Morgan fingerprint density at radius 3 is 2.19 bits per heavy atom. The van der Waals surface area contributed by atoms with Crippen LogP contribution in [-0.2, 0) is 9.59 Å². The highest BCUT2D eigenvalue weighted by Gasteiger charge is 2.48. The first kappa shape index (κ1) is 17.6. The van der Waals surface area contributed by atoms with Gasteiger partial charge in [-0.1, -0.05) is 48.5 Å². The van der Waals surface area contributed by atoms with E-state index in [9.17, 15) is 14.7 Å². The van der Waals surface area contributed by atoms with E-state index in [2.05, 4.69) is 0 Å². The maximum atomic E-state index is 13.3. The number of carboxylic acid groups (broad SMARTS) is 1. The number of carbonyl (C=O) groups is 2. The summed E-state index contributed by atoms with van der Waals surface area (Å²) in [4.78, 5) is 26.7. The second-order valence-electron chi connectivity index (χ2n) is 7.41. The van der Waals surface area contributed by atoms with Gasteiger partial charge in [-0.15, -0.1) is 0 Å². The summed E-state index contributed by atoms with van der Waals surface area (Å²) >= 11 is 0. The largest absolute Gasteiger partial charge is 0.481 e. The van der Waals surface area contributed by atoms with Crippen molar-refractivity contribution in [2.75, 3.05) is 13.1 Å². The molecule has 2 aromatic rings. The molecule has 5 heteroatoms. The molecule has 3 atom stereocenters. The zero-order chi connectivity index (χ0) is 18.8. The third-order valence-corrected chi connectivity index (χ3v) is 5.55. The molecule has 1 saturated carbocycles. The van der Waals surface area contributed by atoms with Gasteiger partial charge in [0.1, 0.15) is 5.75 Å². The van der Waals surface area contributed by atoms with E-state index in [0.717, 1.165) is 18.4 Å². The van der Waals surface area contributed by atoms with Crippen LogP contribution in [-0.4, -0.2) is 35.0 Å². The van der Waals surface area contributed by atoms with E-state index in [1.807, 2.05) is 60.7 Å². The van der Waals surface area contributed by atoms with E-state index < -0.39 is 18.0 Å². The Balaban J connectivity index is 1.58. The van der Waals surface area contributed by atoms with Crippen LogP contribution >= 0.6 is 0 Å². The van der Waals surface area contributed by atoms with Gasteiger partial charge in [-0.3, -0.25) is 9.59 Å². The molecule has 0 aromatic heterocycles. The van der Waals surface area contributed by atoms with E-state index in [0.29, 0.717) is 18.2 Å². The molecule has 2 fully saturated rings. The lowest BCUT2D eigenvalue weighted by Gasteiger charge is -2.25. The first-order chi connectivity index (χ1) is 13.1. The maximum Gasteiger partial charge on any atom is 0.308 e. The Bertz CT molecular complexity index is 804. The van der Waals surface area contributed by atoms with Gasteiger partial charge in [-0.2, -0.15) is 0 Å². The molecule has 140 valence electrons. The van der Waals surface area contributed by atoms with E-state index in [-0.39, 0.29) is 18.4 Å². The summed E-state index contributed by atoms with van der Waals surface area (Å²) in [6.45, 7) is 0.763. The number of amides is 1. The van der Waals surface area contributed by atoms with Gasteiger partial charge in [0, 0.05) is 18.7 Å². The standard InChI is InChI=1S/C22H23NO4/c24-21(23-13-18(15-11-12-15)19(14-23)22(25)26)20(16-7-3-1-4-8-16)27-17-9-5-2-6-10-17/h1-10,15,18-20H,11-14H2,(H,25,26)/t18-,19+,20?/m1/s1. The highest BCUT2D eigenvalue weighted by molar-refractivity contribution is 5.84. The summed E-state index contributed by atoms with van der Waals surface area (Å²) in [5.74, 6) is -0.336. The van der Waals surface area contributed by atoms with E-state index >= 15 is 0 Å². The van der Waals surface area contributed by atoms with Crippen LogP contribution in [0.5, 0.6) is 5.75 Å². The smallest absolute Gasteiger partial charge is 0.308 e. The molecule has 27 heavy (non-hydrogen) atoms. The minimum atomic E-state index is -0.803. The molecular formula is C22H23NO4. The highest BCUT2D eigenvalue weighted by Crippen LogP contribution is 2.44. The van der Waals surface area contributed by atoms with Crippen LogP contribution < -0.4 is 4.74 Å². The molecule has 0 bridgehead atoms. The predicted octanol–water partition coefficient (Wildman–Crippen LogP) is 3.38. The van der Waals surface area contributed by atoms with Crippen molar-refractivity contribution in [3.63, 3.8) is 0 Å². The molecule has 0 spiro atoms. The van der Waals surface area contributed by atoms with Crippen molar-refractivity contribution in [2.24, 2.45) is 17.8 Å². The Hall–Kier alpha value is -2.82. The number of hydrogen-bond donors (Lipinski definition) is 1. The van der Waals surface area contributed by atoms with Crippen molar-refractivity contribution in [2.45, 2.75) is 18.9 Å². The van der Waals surface area contributed by atoms with Crippen LogP contribution in [0.25, 0.3) is 0 Å². The third kappa shape index (κ3) is 3.82. The van der Waals surface area contributed by atoms with E-state index in [1.165, 1.54) is 0 Å². The summed E-state index contributed by atoms with van der Waals surface area (Å²) in [5.41, 5.74) is 0.771. The molecule has 1 amide bonds. The first-order valence-corrected chi connectivity index (χ1v) is 9.41. The molecule has 2 aliphatic rings. The van der Waals surface area contributed by atoms with Crippen LogP contribution in [0.15, 0.2) is 60.7 Å². The van der Waals surface area contributed by atoms with E-state index in [4.69, 9.17) is 4.74 Å². The molecule has 1 aliphatic heterocycles. The van der Waals surface area contributed by atoms with Crippen LogP contribution in [0.4, 0.5) is 0 Å². The van der Waals surface area contributed by atoms with Gasteiger partial charge in [0.2, 0.25) is 6.10 Å². The summed E-state index contributed by atoms with van der Waals surface area (Å²) in [6, 6.07) is 18.6. The van der Waals surface area contributed by atoms with Crippen LogP contribution in [0.3, 0.4) is 0 Å². The van der Waals surface area contributed by atoms with Crippen molar-refractivity contribution in [3.05, 3.63) is 66.2 Å². The van der Waals surface area contributed by atoms with Crippen LogP contribution in [0.1, 0.15) is 24.5 Å². The zero-order valence-corrected chi connectivity index (χ0v) is 15.0. The van der Waals surface area contributed by atoms with Gasteiger partial charge in [0.15, 0.2) is 0 Å². The van der Waals surface area contributed by atoms with Gasteiger partial charge in [-0.05, 0) is 36.8 Å². The van der Waals surface area contributed by atoms with Crippen molar-refractivity contribution < 1.29 is 19.4 Å². The molecule has 1 N–H and O–H groups in total. The Labute approximate surface area is 158 Å². The number of para-hydroxylation sites is 1. The average molecular weight is 365 g/mol. The summed E-state index contributed by atoms with van der Waals surface area (Å²) in [6.07, 6.45) is 1.36. The molecule has 5 nitrogen and oxygen atoms in total. The molecule has 1 aliphatic carbocycles. The highest BCUT2D eigenvalue weighted by atomic mass is 16.5. The normalized spacial score (nSPS) is 23.0. The average Bonchev–Trinajstić information content (AvgIpc) is 3.45. The van der Waals surface area contributed by atoms with Gasteiger partial charge in [0.05, 0.1) is 5.92 Å². The quantitative estimate of drug-likeness (QED) is 0.852. The third-order valence-electron chi connectivity index (χ3n) is 5.55. The lowest BCUT2D eigenvalue weighted by atomic mass is 9.92. The fourth-order valence-corrected chi connectivity index (χ4v) is 3.96. The Kier molecular flexibility index (Phi) is 4.84. The van der Waals surface area contributed by atoms with Gasteiger partial charge < -0.3 is 14.7 Å². The van der Waals surface area contributed by atoms with Crippen LogP contribution in [0, 0.1) is 17.8 Å². The number of nitrogens with zero attached hydrogens (tertiary/aromatic N) is 1. The maximum absolute atomic E-state index is 13.3. The topological polar surface area (TPSA) is 66.8 Å². The second kappa shape index (κ2) is 7.43. The van der Waals surface area contributed by atoms with Crippen molar-refractivity contribution in [1.29, 1.82) is 0 Å². The number of carbonyl (C=O) groups excluding carboxylic acids is 1. The van der Waals surface area contributed by atoms with Crippen molar-refractivity contribution >= 4 is 11.9 Å². The zero-order valence-electron chi connectivity index (χ0n) is 15.0. The molecule has 2 aromatic carbocycles. The number of ether oxygens (including phenoxy) is 1. The summed E-state index contributed by atoms with van der Waals surface area (Å²) in [7, 11) is 0. The van der Waals surface area contributed by atoms with Crippen molar-refractivity contribution in [1.82, 2.24) is 4.90 Å². The minimum absolute atomic E-state index is 0.0552. The molecule has 1 heterocycles. The SMILES string of the molecule is O=C(O)[C@H]1CN(C(=O)C(Oc2ccccc2)c2ccccc2)C[C@@H]1C1CC1. The Morgan fingerprint density at radius 1 is 0.963 bits per heavy atom.